The van der Waals surface area contributed by atoms with Crippen LogP contribution >= 0.6 is 0 Å². The molecule has 5 heteroatoms. The van der Waals surface area contributed by atoms with Crippen LogP contribution in [-0.4, -0.2) is 58.1 Å². The normalized spacial score (nSPS) is 19.2. The number of carbonyl (C=O) groups is 1. The summed E-state index contributed by atoms with van der Waals surface area (Å²) in [4.78, 5) is 17.8. The molecule has 154 valence electrons. The van der Waals surface area contributed by atoms with Gasteiger partial charge in [-0.3, -0.25) is 9.69 Å². The summed E-state index contributed by atoms with van der Waals surface area (Å²) in [6.45, 7) is 7.92. The highest BCUT2D eigenvalue weighted by molar-refractivity contribution is 5.94. The molecule has 29 heavy (non-hydrogen) atoms. The zero-order valence-electron chi connectivity index (χ0n) is 17.7. The van der Waals surface area contributed by atoms with Crippen molar-refractivity contribution in [3.63, 3.8) is 0 Å². The average Bonchev–Trinajstić information content (AvgIpc) is 3.02. The van der Waals surface area contributed by atoms with E-state index in [1.165, 1.54) is 32.1 Å². The molecule has 2 fully saturated rings. The Bertz CT molecular complexity index is 842. The van der Waals surface area contributed by atoms with Crippen molar-refractivity contribution >= 4 is 5.91 Å². The van der Waals surface area contributed by atoms with Crippen LogP contribution in [0.4, 0.5) is 0 Å². The van der Waals surface area contributed by atoms with Crippen molar-refractivity contribution in [2.45, 2.75) is 58.4 Å². The Balaban J connectivity index is 1.42. The van der Waals surface area contributed by atoms with Crippen molar-refractivity contribution in [1.82, 2.24) is 20.0 Å². The fourth-order valence-corrected chi connectivity index (χ4v) is 4.71. The molecule has 0 atom stereocenters. The molecule has 0 bridgehead atoms. The number of benzene rings is 1. The summed E-state index contributed by atoms with van der Waals surface area (Å²) in [5.41, 5.74) is 4.92. The second-order valence-corrected chi connectivity index (χ2v) is 8.55. The van der Waals surface area contributed by atoms with Crippen molar-refractivity contribution in [3.05, 3.63) is 47.2 Å². The van der Waals surface area contributed by atoms with Gasteiger partial charge in [0.2, 0.25) is 0 Å². The number of aromatic nitrogens is 2. The van der Waals surface area contributed by atoms with Gasteiger partial charge in [0.05, 0.1) is 11.9 Å². The molecule has 1 aromatic heterocycles. The maximum absolute atomic E-state index is 13.1. The van der Waals surface area contributed by atoms with Crippen molar-refractivity contribution < 1.29 is 4.79 Å². The van der Waals surface area contributed by atoms with Gasteiger partial charge >= 0.3 is 0 Å². The van der Waals surface area contributed by atoms with E-state index >= 15 is 0 Å². The van der Waals surface area contributed by atoms with Gasteiger partial charge in [0, 0.05) is 43.3 Å². The van der Waals surface area contributed by atoms with E-state index in [0.29, 0.717) is 0 Å². The van der Waals surface area contributed by atoms with E-state index in [-0.39, 0.29) is 5.91 Å². The van der Waals surface area contributed by atoms with Gasteiger partial charge in [-0.05, 0) is 56.4 Å². The van der Waals surface area contributed by atoms with E-state index in [4.69, 9.17) is 0 Å². The SMILES string of the molecule is Cc1cnnc(-c2ccc(C(=O)N3CCCN(C4CCCCC4)CC3)cc2)c1C. The lowest BCUT2D eigenvalue weighted by molar-refractivity contribution is 0.0755. The molecule has 5 nitrogen and oxygen atoms in total. The molecule has 2 aliphatic rings. The molecule has 1 aromatic carbocycles. The first-order valence-electron chi connectivity index (χ1n) is 11.1. The lowest BCUT2D eigenvalue weighted by atomic mass is 9.94. The lowest BCUT2D eigenvalue weighted by Crippen LogP contribution is -2.40. The molecule has 2 aromatic rings. The van der Waals surface area contributed by atoms with Gasteiger partial charge in [-0.15, -0.1) is 0 Å². The van der Waals surface area contributed by atoms with Gasteiger partial charge in [0.25, 0.3) is 5.91 Å². The minimum absolute atomic E-state index is 0.147. The molecule has 1 saturated heterocycles. The molecule has 0 spiro atoms. The number of carbonyl (C=O) groups excluding carboxylic acids is 1. The third-order valence-corrected chi connectivity index (χ3v) is 6.67. The zero-order valence-corrected chi connectivity index (χ0v) is 17.7. The standard InChI is InChI=1S/C24H32N4O/c1-18-17-25-26-23(19(18)2)20-9-11-21(12-10-20)24(29)28-14-6-13-27(15-16-28)22-7-4-3-5-8-22/h9-12,17,22H,3-8,13-16H2,1-2H3. The number of hydrogen-bond acceptors (Lipinski definition) is 4. The van der Waals surface area contributed by atoms with Crippen molar-refractivity contribution in [1.29, 1.82) is 0 Å². The number of hydrogen-bond donors (Lipinski definition) is 0. The predicted molar refractivity (Wildman–Crippen MR) is 116 cm³/mol. The first-order chi connectivity index (χ1) is 14.1. The molecular formula is C24H32N4O. The summed E-state index contributed by atoms with van der Waals surface area (Å²) < 4.78 is 0. The molecule has 1 aliphatic carbocycles. The van der Waals surface area contributed by atoms with Crippen molar-refractivity contribution in [2.24, 2.45) is 0 Å². The van der Waals surface area contributed by atoms with Gasteiger partial charge in [0.15, 0.2) is 0 Å². The van der Waals surface area contributed by atoms with E-state index < -0.39 is 0 Å². The van der Waals surface area contributed by atoms with Gasteiger partial charge in [-0.25, -0.2) is 0 Å². The quantitative estimate of drug-likeness (QED) is 0.784. The minimum atomic E-state index is 0.147. The third-order valence-electron chi connectivity index (χ3n) is 6.67. The maximum atomic E-state index is 13.1. The van der Waals surface area contributed by atoms with E-state index in [9.17, 15) is 4.79 Å². The number of amides is 1. The largest absolute Gasteiger partial charge is 0.337 e. The summed E-state index contributed by atoms with van der Waals surface area (Å²) in [6.07, 6.45) is 9.62. The predicted octanol–water partition coefficient (Wildman–Crippen LogP) is 4.24. The smallest absolute Gasteiger partial charge is 0.253 e. The summed E-state index contributed by atoms with van der Waals surface area (Å²) >= 11 is 0. The molecule has 0 radical (unpaired) electrons. The van der Waals surface area contributed by atoms with Crippen LogP contribution in [-0.2, 0) is 0 Å². The monoisotopic (exact) mass is 392 g/mol. The van der Waals surface area contributed by atoms with Gasteiger partial charge in [-0.1, -0.05) is 31.4 Å². The van der Waals surface area contributed by atoms with Gasteiger partial charge in [-0.2, -0.15) is 10.2 Å². The first kappa shape index (κ1) is 20.0. The molecule has 4 rings (SSSR count). The third kappa shape index (κ3) is 4.50. The summed E-state index contributed by atoms with van der Waals surface area (Å²) in [6, 6.07) is 8.60. The van der Waals surface area contributed by atoms with Crippen molar-refractivity contribution in [2.75, 3.05) is 26.2 Å². The van der Waals surface area contributed by atoms with E-state index in [2.05, 4.69) is 22.0 Å². The first-order valence-corrected chi connectivity index (χ1v) is 11.1. The lowest BCUT2D eigenvalue weighted by Gasteiger charge is -2.33. The van der Waals surface area contributed by atoms with Crippen LogP contribution in [0.25, 0.3) is 11.3 Å². The van der Waals surface area contributed by atoms with Gasteiger partial charge in [0.1, 0.15) is 0 Å². The van der Waals surface area contributed by atoms with Crippen LogP contribution in [0.15, 0.2) is 30.5 Å². The van der Waals surface area contributed by atoms with E-state index in [1.807, 2.05) is 36.1 Å². The molecule has 0 unspecified atom stereocenters. The van der Waals surface area contributed by atoms with Crippen LogP contribution in [0.1, 0.15) is 60.0 Å². The van der Waals surface area contributed by atoms with E-state index in [0.717, 1.165) is 66.6 Å². The van der Waals surface area contributed by atoms with Crippen LogP contribution in [0.2, 0.25) is 0 Å². The summed E-state index contributed by atoms with van der Waals surface area (Å²) in [5.74, 6) is 0.147. The Morgan fingerprint density at radius 1 is 0.931 bits per heavy atom. The highest BCUT2D eigenvalue weighted by Crippen LogP contribution is 2.25. The van der Waals surface area contributed by atoms with Crippen LogP contribution in [0.3, 0.4) is 0 Å². The summed E-state index contributed by atoms with van der Waals surface area (Å²) in [5, 5.41) is 8.37. The average molecular weight is 393 g/mol. The maximum Gasteiger partial charge on any atom is 0.253 e. The molecule has 2 heterocycles. The van der Waals surface area contributed by atoms with Crippen LogP contribution in [0.5, 0.6) is 0 Å². The highest BCUT2D eigenvalue weighted by atomic mass is 16.2. The van der Waals surface area contributed by atoms with Crippen LogP contribution < -0.4 is 0 Å². The Morgan fingerprint density at radius 2 is 1.69 bits per heavy atom. The Morgan fingerprint density at radius 3 is 2.45 bits per heavy atom. The van der Waals surface area contributed by atoms with Crippen LogP contribution in [0, 0.1) is 13.8 Å². The summed E-state index contributed by atoms with van der Waals surface area (Å²) in [7, 11) is 0. The minimum Gasteiger partial charge on any atom is -0.337 e. The fourth-order valence-electron chi connectivity index (χ4n) is 4.71. The zero-order chi connectivity index (χ0) is 20.2. The second kappa shape index (κ2) is 9.04. The van der Waals surface area contributed by atoms with Crippen molar-refractivity contribution in [3.8, 4) is 11.3 Å². The Kier molecular flexibility index (Phi) is 6.24. The molecular weight excluding hydrogens is 360 g/mol. The Labute approximate surface area is 174 Å². The molecule has 1 aliphatic heterocycles. The highest BCUT2D eigenvalue weighted by Gasteiger charge is 2.25. The molecule has 1 amide bonds. The number of rotatable bonds is 3. The fraction of sp³-hybridized carbons (Fsp3) is 0.542. The van der Waals surface area contributed by atoms with E-state index in [1.54, 1.807) is 6.20 Å². The second-order valence-electron chi connectivity index (χ2n) is 8.55. The van der Waals surface area contributed by atoms with Gasteiger partial charge < -0.3 is 4.90 Å². The molecule has 0 N–H and O–H groups in total. The topological polar surface area (TPSA) is 49.3 Å². The number of aryl methyl sites for hydroxylation is 1. The molecule has 1 saturated carbocycles. The Hall–Kier alpha value is -2.27. The number of nitrogens with zero attached hydrogens (tertiary/aromatic N) is 4.